The van der Waals surface area contributed by atoms with Crippen LogP contribution in [0, 0.1) is 11.6 Å². The molecule has 0 unspecified atom stereocenters. The Morgan fingerprint density at radius 2 is 2.04 bits per heavy atom. The van der Waals surface area contributed by atoms with Crippen molar-refractivity contribution in [3.8, 4) is 11.4 Å². The first-order valence-corrected chi connectivity index (χ1v) is 8.92. The van der Waals surface area contributed by atoms with Crippen LogP contribution in [0.1, 0.15) is 19.4 Å². The maximum atomic E-state index is 14.5. The van der Waals surface area contributed by atoms with Gasteiger partial charge in [-0.3, -0.25) is 4.40 Å². The maximum Gasteiger partial charge on any atom is 0.168 e. The fourth-order valence-corrected chi connectivity index (χ4v) is 3.23. The first-order chi connectivity index (χ1) is 13.2. The third-order valence-corrected chi connectivity index (χ3v) is 4.85. The van der Waals surface area contributed by atoms with Crippen molar-refractivity contribution in [3.05, 3.63) is 47.8 Å². The van der Waals surface area contributed by atoms with Crippen LogP contribution in [0.5, 0.6) is 0 Å². The molecule has 0 saturated carbocycles. The number of halogens is 3. The molecule has 4 rings (SSSR count). The Morgan fingerprint density at radius 3 is 2.71 bits per heavy atom. The van der Waals surface area contributed by atoms with Gasteiger partial charge < -0.3 is 15.7 Å². The van der Waals surface area contributed by atoms with Crippen molar-refractivity contribution in [2.24, 2.45) is 0 Å². The van der Waals surface area contributed by atoms with Crippen molar-refractivity contribution < 1.29 is 18.3 Å². The zero-order chi connectivity index (χ0) is 20.1. The van der Waals surface area contributed by atoms with Crippen LogP contribution in [0.15, 0.2) is 30.6 Å². The number of rotatable bonds is 4. The first kappa shape index (κ1) is 18.7. The molecule has 0 radical (unpaired) electrons. The summed E-state index contributed by atoms with van der Waals surface area (Å²) in [6.07, 6.45) is 1.86. The molecule has 3 N–H and O–H groups in total. The number of aliphatic hydroxyl groups is 1. The van der Waals surface area contributed by atoms with Crippen molar-refractivity contribution in [3.63, 3.8) is 0 Å². The first-order valence-electron chi connectivity index (χ1n) is 8.92. The van der Waals surface area contributed by atoms with E-state index in [-0.39, 0.29) is 18.1 Å². The summed E-state index contributed by atoms with van der Waals surface area (Å²) in [5.74, 6) is -1.98. The van der Waals surface area contributed by atoms with Crippen LogP contribution in [-0.2, 0) is 5.60 Å². The van der Waals surface area contributed by atoms with Gasteiger partial charge in [-0.25, -0.2) is 23.1 Å². The van der Waals surface area contributed by atoms with Crippen LogP contribution in [-0.4, -0.2) is 44.8 Å². The van der Waals surface area contributed by atoms with Crippen molar-refractivity contribution in [2.75, 3.05) is 18.4 Å². The summed E-state index contributed by atoms with van der Waals surface area (Å²) in [7, 11) is 0. The molecule has 0 bridgehead atoms. The van der Waals surface area contributed by atoms with E-state index < -0.39 is 29.4 Å². The highest BCUT2D eigenvalue weighted by atomic mass is 19.1. The van der Waals surface area contributed by atoms with Crippen molar-refractivity contribution in [2.45, 2.75) is 31.7 Å². The Hall–Kier alpha value is -2.65. The Morgan fingerprint density at radius 1 is 1.25 bits per heavy atom. The third kappa shape index (κ3) is 3.31. The minimum atomic E-state index is -1.19. The SMILES string of the molecule is CC(C)(O)c1ccc2ncc(-c3nc(N[C@H]4CNC[C@@H]4F)c(F)cc3F)n2c1. The van der Waals surface area contributed by atoms with Gasteiger partial charge in [0.2, 0.25) is 0 Å². The average Bonchev–Trinajstić information content (AvgIpc) is 3.22. The highest BCUT2D eigenvalue weighted by molar-refractivity contribution is 5.63. The zero-order valence-corrected chi connectivity index (χ0v) is 15.4. The largest absolute Gasteiger partial charge is 0.386 e. The number of nitrogens with one attached hydrogen (secondary N) is 2. The summed E-state index contributed by atoms with van der Waals surface area (Å²) in [5, 5.41) is 15.8. The maximum absolute atomic E-state index is 14.5. The number of imidazole rings is 1. The van der Waals surface area contributed by atoms with Crippen LogP contribution < -0.4 is 10.6 Å². The number of anilines is 1. The van der Waals surface area contributed by atoms with E-state index in [1.165, 1.54) is 6.20 Å². The van der Waals surface area contributed by atoms with Crippen LogP contribution in [0.25, 0.3) is 17.0 Å². The Balaban J connectivity index is 1.79. The number of hydrogen-bond donors (Lipinski definition) is 3. The summed E-state index contributed by atoms with van der Waals surface area (Å²) >= 11 is 0. The molecule has 2 atom stereocenters. The second kappa shape index (κ2) is 6.75. The highest BCUT2D eigenvalue weighted by Crippen LogP contribution is 2.28. The molecule has 148 valence electrons. The molecule has 3 aromatic rings. The molecule has 1 aliphatic rings. The molecule has 0 spiro atoms. The molecule has 1 aliphatic heterocycles. The van der Waals surface area contributed by atoms with E-state index in [9.17, 15) is 18.3 Å². The molecule has 6 nitrogen and oxygen atoms in total. The molecular weight excluding hydrogens is 371 g/mol. The van der Waals surface area contributed by atoms with Gasteiger partial charge in [0.1, 0.15) is 17.5 Å². The smallest absolute Gasteiger partial charge is 0.168 e. The predicted octanol–water partition coefficient (Wildman–Crippen LogP) is 2.62. The molecule has 0 amide bonds. The van der Waals surface area contributed by atoms with Gasteiger partial charge in [-0.15, -0.1) is 0 Å². The summed E-state index contributed by atoms with van der Waals surface area (Å²) in [5.41, 5.74) is 0.181. The van der Waals surface area contributed by atoms with Crippen LogP contribution in [0.3, 0.4) is 0 Å². The number of alkyl halides is 1. The topological polar surface area (TPSA) is 74.5 Å². The molecular formula is C19H20F3N5O. The van der Waals surface area contributed by atoms with E-state index in [1.807, 2.05) is 0 Å². The summed E-state index contributed by atoms with van der Waals surface area (Å²) in [6.45, 7) is 3.75. The zero-order valence-electron chi connectivity index (χ0n) is 15.4. The molecule has 3 aromatic heterocycles. The van der Waals surface area contributed by atoms with Crippen molar-refractivity contribution >= 4 is 11.5 Å². The molecule has 0 aromatic carbocycles. The molecule has 0 aliphatic carbocycles. The second-order valence-corrected chi connectivity index (χ2v) is 7.42. The van der Waals surface area contributed by atoms with E-state index in [0.29, 0.717) is 23.4 Å². The monoisotopic (exact) mass is 391 g/mol. The molecule has 1 saturated heterocycles. The highest BCUT2D eigenvalue weighted by Gasteiger charge is 2.28. The van der Waals surface area contributed by atoms with Crippen LogP contribution in [0.4, 0.5) is 19.0 Å². The minimum Gasteiger partial charge on any atom is -0.386 e. The molecule has 4 heterocycles. The fraction of sp³-hybridized carbons (Fsp3) is 0.368. The van der Waals surface area contributed by atoms with E-state index in [4.69, 9.17) is 0 Å². The Kier molecular flexibility index (Phi) is 4.51. The minimum absolute atomic E-state index is 0.120. The lowest BCUT2D eigenvalue weighted by Gasteiger charge is -2.18. The predicted molar refractivity (Wildman–Crippen MR) is 98.8 cm³/mol. The molecule has 9 heteroatoms. The van der Waals surface area contributed by atoms with Crippen molar-refractivity contribution in [1.29, 1.82) is 0 Å². The Bertz CT molecular complexity index is 1030. The number of pyridine rings is 2. The van der Waals surface area contributed by atoms with Gasteiger partial charge in [0.15, 0.2) is 17.5 Å². The van der Waals surface area contributed by atoms with Gasteiger partial charge in [0.05, 0.1) is 23.5 Å². The molecule has 28 heavy (non-hydrogen) atoms. The quantitative estimate of drug-likeness (QED) is 0.638. The lowest BCUT2D eigenvalue weighted by atomic mass is 10.0. The van der Waals surface area contributed by atoms with E-state index in [2.05, 4.69) is 20.6 Å². The molecule has 1 fully saturated rings. The summed E-state index contributed by atoms with van der Waals surface area (Å²) in [4.78, 5) is 8.29. The number of fused-ring (bicyclic) bond motifs is 1. The van der Waals surface area contributed by atoms with Crippen LogP contribution in [0.2, 0.25) is 0 Å². The number of nitrogens with zero attached hydrogens (tertiary/aromatic N) is 3. The van der Waals surface area contributed by atoms with E-state index in [1.54, 1.807) is 36.6 Å². The summed E-state index contributed by atoms with van der Waals surface area (Å²) in [6, 6.07) is 3.49. The van der Waals surface area contributed by atoms with Crippen LogP contribution >= 0.6 is 0 Å². The number of aromatic nitrogens is 3. The Labute approximate surface area is 159 Å². The van der Waals surface area contributed by atoms with Gasteiger partial charge in [-0.05, 0) is 25.5 Å². The second-order valence-electron chi connectivity index (χ2n) is 7.42. The number of hydrogen-bond acceptors (Lipinski definition) is 5. The van der Waals surface area contributed by atoms with Gasteiger partial charge in [-0.2, -0.15) is 0 Å². The average molecular weight is 391 g/mol. The lowest BCUT2D eigenvalue weighted by molar-refractivity contribution is 0.0781. The van der Waals surface area contributed by atoms with Gasteiger partial charge >= 0.3 is 0 Å². The fourth-order valence-electron chi connectivity index (χ4n) is 3.23. The third-order valence-electron chi connectivity index (χ3n) is 4.85. The van der Waals surface area contributed by atoms with E-state index in [0.717, 1.165) is 6.07 Å². The van der Waals surface area contributed by atoms with Gasteiger partial charge in [0.25, 0.3) is 0 Å². The standard InChI is InChI=1S/C19H20F3N5O/c1-19(2,28)10-3-4-16-24-8-15(27(16)9-10)17-11(20)5-12(21)18(26-17)25-14-7-23-6-13(14)22/h3-5,8-9,13-14,23,28H,6-7H2,1-2H3,(H,25,26)/t13-,14-/m0/s1. The van der Waals surface area contributed by atoms with Gasteiger partial charge in [-0.1, -0.05) is 6.07 Å². The van der Waals surface area contributed by atoms with E-state index >= 15 is 0 Å². The van der Waals surface area contributed by atoms with Gasteiger partial charge in [0, 0.05) is 25.4 Å². The lowest BCUT2D eigenvalue weighted by Crippen LogP contribution is -2.30. The van der Waals surface area contributed by atoms with Crippen molar-refractivity contribution in [1.82, 2.24) is 19.7 Å². The normalized spacial score (nSPS) is 20.1. The summed E-state index contributed by atoms with van der Waals surface area (Å²) < 4.78 is 44.2.